The molecule has 1 aliphatic carbocycles. The summed E-state index contributed by atoms with van der Waals surface area (Å²) in [6, 6.07) is 10.5. The van der Waals surface area contributed by atoms with Gasteiger partial charge in [-0.2, -0.15) is 0 Å². The molecule has 3 aromatic rings. The minimum Gasteiger partial charge on any atom is -0.393 e. The van der Waals surface area contributed by atoms with Crippen molar-refractivity contribution in [2.24, 2.45) is 0 Å². The molecule has 25 heavy (non-hydrogen) atoms. The topological polar surface area (TPSA) is 70.9 Å². The third kappa shape index (κ3) is 3.46. The van der Waals surface area contributed by atoms with E-state index in [0.29, 0.717) is 12.0 Å². The first-order valence-electron chi connectivity index (χ1n) is 8.82. The van der Waals surface area contributed by atoms with Crippen LogP contribution < -0.4 is 5.32 Å². The highest BCUT2D eigenvalue weighted by atomic mass is 16.3. The van der Waals surface area contributed by atoms with Crippen molar-refractivity contribution in [2.45, 2.75) is 44.8 Å². The Balaban J connectivity index is 1.58. The Morgan fingerprint density at radius 2 is 1.92 bits per heavy atom. The average molecular weight is 334 g/mol. The number of hydrogen-bond acceptors (Lipinski definition) is 5. The van der Waals surface area contributed by atoms with Crippen LogP contribution in [0.3, 0.4) is 0 Å². The van der Waals surface area contributed by atoms with Gasteiger partial charge in [-0.1, -0.05) is 12.1 Å². The summed E-state index contributed by atoms with van der Waals surface area (Å²) in [6.45, 7) is 2.07. The number of nitrogens with zero attached hydrogens (tertiary/aromatic N) is 3. The van der Waals surface area contributed by atoms with Crippen LogP contribution >= 0.6 is 0 Å². The van der Waals surface area contributed by atoms with Gasteiger partial charge in [-0.15, -0.1) is 0 Å². The molecule has 0 bridgehead atoms. The zero-order valence-electron chi connectivity index (χ0n) is 14.3. The van der Waals surface area contributed by atoms with Crippen molar-refractivity contribution in [1.82, 2.24) is 15.0 Å². The summed E-state index contributed by atoms with van der Waals surface area (Å²) in [5.74, 6) is 0.663. The van der Waals surface area contributed by atoms with Gasteiger partial charge < -0.3 is 10.4 Å². The number of aromatic nitrogens is 3. The standard InChI is InChI=1S/C20H22N4O/c1-13-3-2-10-21-19(13)14-4-9-18-15(11-14)12-22-20(24-18)23-16-5-7-17(25)8-6-16/h2-4,9-12,16-17,25H,5-8H2,1H3,(H,22,23,24)/t16-,17-. The number of rotatable bonds is 3. The first kappa shape index (κ1) is 16.0. The van der Waals surface area contributed by atoms with Crippen molar-refractivity contribution in [3.05, 3.63) is 48.3 Å². The van der Waals surface area contributed by atoms with Crippen LogP contribution in [-0.2, 0) is 0 Å². The van der Waals surface area contributed by atoms with Crippen molar-refractivity contribution in [3.63, 3.8) is 0 Å². The van der Waals surface area contributed by atoms with Gasteiger partial charge in [0.2, 0.25) is 5.95 Å². The maximum Gasteiger partial charge on any atom is 0.223 e. The summed E-state index contributed by atoms with van der Waals surface area (Å²) < 4.78 is 0. The van der Waals surface area contributed by atoms with E-state index in [0.717, 1.165) is 53.4 Å². The molecule has 1 aliphatic rings. The minimum absolute atomic E-state index is 0.149. The highest BCUT2D eigenvalue weighted by molar-refractivity contribution is 5.84. The number of benzene rings is 1. The molecule has 0 radical (unpaired) electrons. The Morgan fingerprint density at radius 1 is 1.08 bits per heavy atom. The number of anilines is 1. The molecule has 5 nitrogen and oxygen atoms in total. The Hall–Kier alpha value is -2.53. The summed E-state index contributed by atoms with van der Waals surface area (Å²) in [7, 11) is 0. The minimum atomic E-state index is -0.149. The van der Waals surface area contributed by atoms with Gasteiger partial charge in [0.25, 0.3) is 0 Å². The lowest BCUT2D eigenvalue weighted by atomic mass is 9.93. The van der Waals surface area contributed by atoms with Crippen LogP contribution in [0, 0.1) is 6.92 Å². The van der Waals surface area contributed by atoms with Crippen LogP contribution in [0.2, 0.25) is 0 Å². The normalized spacial score (nSPS) is 20.6. The van der Waals surface area contributed by atoms with Gasteiger partial charge in [0, 0.05) is 29.4 Å². The SMILES string of the molecule is Cc1cccnc1-c1ccc2nc(N[C@H]3CC[C@H](O)CC3)ncc2c1. The van der Waals surface area contributed by atoms with E-state index in [-0.39, 0.29) is 6.10 Å². The molecule has 2 heterocycles. The molecule has 0 spiro atoms. The van der Waals surface area contributed by atoms with E-state index in [1.54, 1.807) is 0 Å². The Labute approximate surface area is 147 Å². The van der Waals surface area contributed by atoms with Gasteiger partial charge in [-0.3, -0.25) is 4.98 Å². The lowest BCUT2D eigenvalue weighted by molar-refractivity contribution is 0.126. The van der Waals surface area contributed by atoms with Crippen LogP contribution in [0.15, 0.2) is 42.7 Å². The lowest BCUT2D eigenvalue weighted by Gasteiger charge is -2.26. The molecular formula is C20H22N4O. The molecule has 5 heteroatoms. The van der Waals surface area contributed by atoms with Gasteiger partial charge in [-0.05, 0) is 56.4 Å². The third-order valence-corrected chi connectivity index (χ3v) is 4.89. The van der Waals surface area contributed by atoms with Crippen molar-refractivity contribution in [1.29, 1.82) is 0 Å². The molecule has 0 aliphatic heterocycles. The zero-order valence-corrected chi connectivity index (χ0v) is 14.3. The first-order valence-corrected chi connectivity index (χ1v) is 8.82. The van der Waals surface area contributed by atoms with Gasteiger partial charge >= 0.3 is 0 Å². The van der Waals surface area contributed by atoms with Gasteiger partial charge in [0.05, 0.1) is 17.3 Å². The molecule has 1 saturated carbocycles. The number of aliphatic hydroxyl groups excluding tert-OH is 1. The molecule has 0 amide bonds. The first-order chi connectivity index (χ1) is 12.2. The molecule has 2 aromatic heterocycles. The van der Waals surface area contributed by atoms with Crippen LogP contribution in [0.25, 0.3) is 22.2 Å². The summed E-state index contributed by atoms with van der Waals surface area (Å²) in [6.07, 6.45) is 7.14. The predicted octanol–water partition coefficient (Wildman–Crippen LogP) is 3.72. The van der Waals surface area contributed by atoms with Crippen molar-refractivity contribution in [3.8, 4) is 11.3 Å². The lowest BCUT2D eigenvalue weighted by Crippen LogP contribution is -2.28. The smallest absolute Gasteiger partial charge is 0.223 e. The maximum atomic E-state index is 9.61. The van der Waals surface area contributed by atoms with Crippen LogP contribution in [0.4, 0.5) is 5.95 Å². The largest absolute Gasteiger partial charge is 0.393 e. The number of aliphatic hydroxyl groups is 1. The van der Waals surface area contributed by atoms with E-state index in [4.69, 9.17) is 0 Å². The molecule has 128 valence electrons. The van der Waals surface area contributed by atoms with E-state index < -0.39 is 0 Å². The second kappa shape index (κ2) is 6.76. The molecule has 1 aromatic carbocycles. The average Bonchev–Trinajstić information content (AvgIpc) is 2.64. The van der Waals surface area contributed by atoms with Crippen molar-refractivity contribution in [2.75, 3.05) is 5.32 Å². The Bertz CT molecular complexity index is 888. The molecular weight excluding hydrogens is 312 g/mol. The number of aryl methyl sites for hydroxylation is 1. The van der Waals surface area contributed by atoms with Gasteiger partial charge in [-0.25, -0.2) is 9.97 Å². The third-order valence-electron chi connectivity index (χ3n) is 4.89. The monoisotopic (exact) mass is 334 g/mol. The number of hydrogen-bond donors (Lipinski definition) is 2. The fourth-order valence-electron chi connectivity index (χ4n) is 3.44. The molecule has 4 rings (SSSR count). The second-order valence-corrected chi connectivity index (χ2v) is 6.79. The summed E-state index contributed by atoms with van der Waals surface area (Å²) in [5.41, 5.74) is 4.15. The maximum absolute atomic E-state index is 9.61. The number of fused-ring (bicyclic) bond motifs is 1. The fraction of sp³-hybridized carbons (Fsp3) is 0.350. The highest BCUT2D eigenvalue weighted by Crippen LogP contribution is 2.25. The van der Waals surface area contributed by atoms with E-state index in [1.807, 2.05) is 24.5 Å². The van der Waals surface area contributed by atoms with E-state index in [9.17, 15) is 5.11 Å². The van der Waals surface area contributed by atoms with E-state index in [1.165, 1.54) is 0 Å². The van der Waals surface area contributed by atoms with E-state index in [2.05, 4.69) is 45.4 Å². The molecule has 2 N–H and O–H groups in total. The quantitative estimate of drug-likeness (QED) is 0.764. The predicted molar refractivity (Wildman–Crippen MR) is 99.4 cm³/mol. The zero-order chi connectivity index (χ0) is 17.2. The molecule has 0 unspecified atom stereocenters. The van der Waals surface area contributed by atoms with Crippen LogP contribution in [0.5, 0.6) is 0 Å². The van der Waals surface area contributed by atoms with Crippen LogP contribution in [-0.4, -0.2) is 32.2 Å². The number of pyridine rings is 1. The second-order valence-electron chi connectivity index (χ2n) is 6.79. The molecule has 1 fully saturated rings. The Morgan fingerprint density at radius 3 is 2.72 bits per heavy atom. The van der Waals surface area contributed by atoms with E-state index >= 15 is 0 Å². The van der Waals surface area contributed by atoms with Crippen molar-refractivity contribution >= 4 is 16.9 Å². The molecule has 0 saturated heterocycles. The molecule has 0 atom stereocenters. The van der Waals surface area contributed by atoms with Gasteiger partial charge in [0.1, 0.15) is 0 Å². The van der Waals surface area contributed by atoms with Crippen LogP contribution in [0.1, 0.15) is 31.2 Å². The summed E-state index contributed by atoms with van der Waals surface area (Å²) >= 11 is 0. The summed E-state index contributed by atoms with van der Waals surface area (Å²) in [4.78, 5) is 13.6. The highest BCUT2D eigenvalue weighted by Gasteiger charge is 2.19. The Kier molecular flexibility index (Phi) is 4.32. The van der Waals surface area contributed by atoms with Crippen molar-refractivity contribution < 1.29 is 5.11 Å². The summed E-state index contributed by atoms with van der Waals surface area (Å²) in [5, 5.41) is 14.0. The fourth-order valence-corrected chi connectivity index (χ4v) is 3.44. The van der Waals surface area contributed by atoms with Gasteiger partial charge in [0.15, 0.2) is 0 Å². The number of nitrogens with one attached hydrogen (secondary N) is 1.